The van der Waals surface area contributed by atoms with Crippen molar-refractivity contribution in [2.24, 2.45) is 0 Å². The molecule has 0 aromatic heterocycles. The first-order valence-electron chi connectivity index (χ1n) is 6.19. The molecule has 0 saturated carbocycles. The Morgan fingerprint density at radius 1 is 1.11 bits per heavy atom. The Labute approximate surface area is 119 Å². The summed E-state index contributed by atoms with van der Waals surface area (Å²) in [5.74, 6) is 0. The first-order valence-corrected chi connectivity index (χ1v) is 7.06. The van der Waals surface area contributed by atoms with Gasteiger partial charge in [-0.15, -0.1) is 0 Å². The zero-order chi connectivity index (χ0) is 12.8. The maximum Gasteiger partial charge on any atom is 0.0360 e. The average molecular weight is 282 g/mol. The van der Waals surface area contributed by atoms with E-state index in [2.05, 4.69) is 29.2 Å². The van der Waals surface area contributed by atoms with E-state index in [1.165, 1.54) is 17.5 Å². The summed E-state index contributed by atoms with van der Waals surface area (Å²) in [6.07, 6.45) is 6.28. The molecular weight excluding hydrogens is 265 g/mol. The predicted octanol–water partition coefficient (Wildman–Crippen LogP) is 4.48. The molecule has 1 nitrogen and oxygen atoms in total. The van der Waals surface area contributed by atoms with E-state index >= 15 is 0 Å². The van der Waals surface area contributed by atoms with Gasteiger partial charge in [0.1, 0.15) is 0 Å². The second kappa shape index (κ2) is 6.98. The number of nitrogens with zero attached hydrogens (tertiary/aromatic N) is 1. The van der Waals surface area contributed by atoms with Gasteiger partial charge in [-0.3, -0.25) is 4.90 Å². The number of fused-ring (bicyclic) bond motifs is 1. The Hall–Kier alpha value is -0.760. The van der Waals surface area contributed by atoms with Gasteiger partial charge >= 0.3 is 0 Å². The van der Waals surface area contributed by atoms with Gasteiger partial charge in [0.05, 0.1) is 0 Å². The normalized spacial score (nSPS) is 19.2. The number of rotatable bonds is 5. The molecule has 0 unspecified atom stereocenters. The highest BCUT2D eigenvalue weighted by atomic mass is 35.5. The zero-order valence-corrected chi connectivity index (χ0v) is 11.7. The van der Waals surface area contributed by atoms with Crippen molar-refractivity contribution < 1.29 is 0 Å². The third-order valence-corrected chi connectivity index (χ3v) is 3.76. The molecule has 3 heteroatoms. The lowest BCUT2D eigenvalue weighted by atomic mass is 10.1. The number of halogens is 2. The van der Waals surface area contributed by atoms with Gasteiger partial charge in [-0.1, -0.05) is 59.6 Å². The number of benzene rings is 1. The summed E-state index contributed by atoms with van der Waals surface area (Å²) in [4.78, 5) is 2.39. The second-order valence-corrected chi connectivity index (χ2v) is 4.93. The van der Waals surface area contributed by atoms with Crippen molar-refractivity contribution in [3.05, 3.63) is 58.6 Å². The smallest absolute Gasteiger partial charge is 0.0360 e. The average Bonchev–Trinajstić information content (AvgIpc) is 2.83. The fourth-order valence-corrected chi connectivity index (χ4v) is 2.75. The highest BCUT2D eigenvalue weighted by molar-refractivity contribution is 6.25. The lowest BCUT2D eigenvalue weighted by molar-refractivity contribution is 0.242. The monoisotopic (exact) mass is 281 g/mol. The first kappa shape index (κ1) is 13.7. The van der Waals surface area contributed by atoms with E-state index in [1.807, 2.05) is 12.2 Å². The molecule has 0 spiro atoms. The summed E-state index contributed by atoms with van der Waals surface area (Å²) >= 11 is 11.3. The van der Waals surface area contributed by atoms with Crippen LogP contribution < -0.4 is 0 Å². The van der Waals surface area contributed by atoms with Crippen LogP contribution in [0.5, 0.6) is 0 Å². The SMILES string of the molecule is Cl/C=C\CN(C/C=C\Cl)[C@@H]1CCc2ccccc21. The van der Waals surface area contributed by atoms with Crippen molar-refractivity contribution >= 4 is 23.2 Å². The van der Waals surface area contributed by atoms with Gasteiger partial charge in [-0.05, 0) is 24.0 Å². The third-order valence-electron chi connectivity index (χ3n) is 3.40. The van der Waals surface area contributed by atoms with Crippen LogP contribution in [0.25, 0.3) is 0 Å². The van der Waals surface area contributed by atoms with Crippen LogP contribution in [0.15, 0.2) is 47.5 Å². The van der Waals surface area contributed by atoms with E-state index in [-0.39, 0.29) is 0 Å². The molecule has 0 radical (unpaired) electrons. The van der Waals surface area contributed by atoms with E-state index in [0.717, 1.165) is 19.5 Å². The maximum absolute atomic E-state index is 5.64. The molecule has 1 aromatic carbocycles. The van der Waals surface area contributed by atoms with Crippen LogP contribution in [0.2, 0.25) is 0 Å². The van der Waals surface area contributed by atoms with Crippen molar-refractivity contribution in [2.75, 3.05) is 13.1 Å². The van der Waals surface area contributed by atoms with E-state index in [0.29, 0.717) is 6.04 Å². The molecule has 18 heavy (non-hydrogen) atoms. The Morgan fingerprint density at radius 2 is 1.78 bits per heavy atom. The maximum atomic E-state index is 5.64. The fraction of sp³-hybridized carbons (Fsp3) is 0.333. The Balaban J connectivity index is 2.16. The molecule has 1 aliphatic rings. The topological polar surface area (TPSA) is 3.24 Å². The molecule has 1 aliphatic carbocycles. The molecule has 96 valence electrons. The van der Waals surface area contributed by atoms with Crippen molar-refractivity contribution in [2.45, 2.75) is 18.9 Å². The summed E-state index contributed by atoms with van der Waals surface area (Å²) in [5.41, 5.74) is 6.08. The standard InChI is InChI=1S/C15H17Cl2N/c16-9-3-11-18(12-4-10-17)15-8-7-13-5-1-2-6-14(13)15/h1-6,9-10,15H,7-8,11-12H2/b9-3-,10-4-/t15-/m1/s1. The van der Waals surface area contributed by atoms with Crippen LogP contribution in [-0.4, -0.2) is 18.0 Å². The van der Waals surface area contributed by atoms with Gasteiger partial charge in [-0.2, -0.15) is 0 Å². The second-order valence-electron chi connectivity index (χ2n) is 4.43. The number of hydrogen-bond donors (Lipinski definition) is 0. The summed E-state index contributed by atoms with van der Waals surface area (Å²) in [7, 11) is 0. The molecular formula is C15H17Cl2N. The van der Waals surface area contributed by atoms with Gasteiger partial charge in [0.2, 0.25) is 0 Å². The van der Waals surface area contributed by atoms with Crippen LogP contribution in [-0.2, 0) is 6.42 Å². The summed E-state index contributed by atoms with van der Waals surface area (Å²) < 4.78 is 0. The van der Waals surface area contributed by atoms with Crippen molar-refractivity contribution in [1.82, 2.24) is 4.90 Å². The van der Waals surface area contributed by atoms with Gasteiger partial charge in [0, 0.05) is 30.2 Å². The minimum Gasteiger partial charge on any atom is -0.289 e. The quantitative estimate of drug-likeness (QED) is 0.769. The molecule has 0 heterocycles. The highest BCUT2D eigenvalue weighted by Gasteiger charge is 2.26. The van der Waals surface area contributed by atoms with Crippen molar-refractivity contribution in [1.29, 1.82) is 0 Å². The van der Waals surface area contributed by atoms with Crippen LogP contribution in [0.4, 0.5) is 0 Å². The largest absolute Gasteiger partial charge is 0.289 e. The molecule has 0 amide bonds. The van der Waals surface area contributed by atoms with E-state index in [9.17, 15) is 0 Å². The van der Waals surface area contributed by atoms with Gasteiger partial charge in [0.25, 0.3) is 0 Å². The minimum atomic E-state index is 0.474. The van der Waals surface area contributed by atoms with Gasteiger partial charge < -0.3 is 0 Å². The van der Waals surface area contributed by atoms with Crippen LogP contribution in [0.3, 0.4) is 0 Å². The number of aryl methyl sites for hydroxylation is 1. The lowest BCUT2D eigenvalue weighted by Gasteiger charge is -2.27. The molecule has 0 aliphatic heterocycles. The molecule has 2 rings (SSSR count). The van der Waals surface area contributed by atoms with Crippen molar-refractivity contribution in [3.63, 3.8) is 0 Å². The number of hydrogen-bond acceptors (Lipinski definition) is 1. The van der Waals surface area contributed by atoms with Crippen LogP contribution in [0.1, 0.15) is 23.6 Å². The van der Waals surface area contributed by atoms with Gasteiger partial charge in [0.15, 0.2) is 0 Å². The fourth-order valence-electron chi connectivity index (χ4n) is 2.59. The Kier molecular flexibility index (Phi) is 5.30. The predicted molar refractivity (Wildman–Crippen MR) is 79.1 cm³/mol. The Morgan fingerprint density at radius 3 is 2.44 bits per heavy atom. The minimum absolute atomic E-state index is 0.474. The summed E-state index contributed by atoms with van der Waals surface area (Å²) in [6, 6.07) is 9.16. The van der Waals surface area contributed by atoms with E-state index < -0.39 is 0 Å². The first-order chi connectivity index (χ1) is 8.86. The zero-order valence-electron chi connectivity index (χ0n) is 10.2. The molecule has 1 atom stereocenters. The Bertz CT molecular complexity index is 426. The van der Waals surface area contributed by atoms with E-state index in [4.69, 9.17) is 23.2 Å². The molecule has 0 saturated heterocycles. The third kappa shape index (κ3) is 3.17. The summed E-state index contributed by atoms with van der Waals surface area (Å²) in [6.45, 7) is 1.70. The van der Waals surface area contributed by atoms with Crippen LogP contribution >= 0.6 is 23.2 Å². The molecule has 0 N–H and O–H groups in total. The van der Waals surface area contributed by atoms with Gasteiger partial charge in [-0.25, -0.2) is 0 Å². The lowest BCUT2D eigenvalue weighted by Crippen LogP contribution is -2.28. The van der Waals surface area contributed by atoms with E-state index in [1.54, 1.807) is 11.1 Å². The molecule has 0 bridgehead atoms. The summed E-state index contributed by atoms with van der Waals surface area (Å²) in [5, 5.41) is 0. The highest BCUT2D eigenvalue weighted by Crippen LogP contribution is 2.35. The van der Waals surface area contributed by atoms with Crippen LogP contribution in [0, 0.1) is 0 Å². The molecule has 1 aromatic rings. The molecule has 0 fully saturated rings. The van der Waals surface area contributed by atoms with Crippen molar-refractivity contribution in [3.8, 4) is 0 Å².